The van der Waals surface area contributed by atoms with Crippen LogP contribution in [0.25, 0.3) is 0 Å². The summed E-state index contributed by atoms with van der Waals surface area (Å²) in [4.78, 5) is 23.9. The molecule has 112 valence electrons. The fourth-order valence-corrected chi connectivity index (χ4v) is 2.26. The molecule has 0 spiro atoms. The van der Waals surface area contributed by atoms with E-state index in [9.17, 15) is 9.59 Å². The van der Waals surface area contributed by atoms with Crippen molar-refractivity contribution in [1.82, 2.24) is 5.43 Å². The predicted molar refractivity (Wildman–Crippen MR) is 76.9 cm³/mol. The molecule has 1 aliphatic rings. The van der Waals surface area contributed by atoms with Crippen molar-refractivity contribution < 1.29 is 19.1 Å². The number of benzene rings is 1. The molecule has 1 N–H and O–H groups in total. The van der Waals surface area contributed by atoms with Crippen molar-refractivity contribution in [2.75, 3.05) is 13.7 Å². The van der Waals surface area contributed by atoms with E-state index in [1.54, 1.807) is 6.92 Å². The van der Waals surface area contributed by atoms with Crippen LogP contribution in [0, 0.1) is 6.92 Å². The average molecular weight is 290 g/mol. The normalized spacial score (nSPS) is 20.4. The summed E-state index contributed by atoms with van der Waals surface area (Å²) in [5.41, 5.74) is 4.77. The number of rotatable bonds is 4. The van der Waals surface area contributed by atoms with Gasteiger partial charge in [0.25, 0.3) is 0 Å². The van der Waals surface area contributed by atoms with Crippen molar-refractivity contribution >= 4 is 17.7 Å². The van der Waals surface area contributed by atoms with E-state index in [1.165, 1.54) is 7.11 Å². The van der Waals surface area contributed by atoms with Crippen LogP contribution in [-0.2, 0) is 19.1 Å². The average Bonchev–Trinajstić information content (AvgIpc) is 2.92. The summed E-state index contributed by atoms with van der Waals surface area (Å²) in [6.45, 7) is 3.97. The van der Waals surface area contributed by atoms with E-state index in [-0.39, 0.29) is 12.3 Å². The van der Waals surface area contributed by atoms with E-state index in [0.29, 0.717) is 0 Å². The Balaban J connectivity index is 2.35. The standard InChI is InChI=1S/C15H18N2O4/c1-4-21-15(19)13-11(10-7-5-9(2)6-8-10)12(16-17-13)14(18)20-3/h5-8,11,13,17H,4H2,1-3H3. The molecule has 6 heteroatoms. The van der Waals surface area contributed by atoms with E-state index in [4.69, 9.17) is 9.47 Å². The molecule has 0 bridgehead atoms. The second-order valence-electron chi connectivity index (χ2n) is 4.74. The van der Waals surface area contributed by atoms with Gasteiger partial charge < -0.3 is 9.47 Å². The molecule has 1 aromatic carbocycles. The Kier molecular flexibility index (Phi) is 4.57. The number of carbonyl (C=O) groups is 2. The molecule has 0 saturated heterocycles. The highest BCUT2D eigenvalue weighted by Gasteiger charge is 2.42. The molecule has 0 radical (unpaired) electrons. The monoisotopic (exact) mass is 290 g/mol. The van der Waals surface area contributed by atoms with E-state index in [0.717, 1.165) is 11.1 Å². The fourth-order valence-electron chi connectivity index (χ4n) is 2.26. The number of methoxy groups -OCH3 is 1. The van der Waals surface area contributed by atoms with Gasteiger partial charge in [-0.2, -0.15) is 5.10 Å². The van der Waals surface area contributed by atoms with Crippen LogP contribution in [0.3, 0.4) is 0 Å². The van der Waals surface area contributed by atoms with Crippen molar-refractivity contribution in [2.45, 2.75) is 25.8 Å². The van der Waals surface area contributed by atoms with Crippen molar-refractivity contribution in [1.29, 1.82) is 0 Å². The third kappa shape index (κ3) is 3.04. The molecule has 2 rings (SSSR count). The largest absolute Gasteiger partial charge is 0.464 e. The summed E-state index contributed by atoms with van der Waals surface area (Å²) in [5, 5.41) is 3.96. The number of nitrogens with one attached hydrogen (secondary N) is 1. The maximum absolute atomic E-state index is 12.0. The lowest BCUT2D eigenvalue weighted by Crippen LogP contribution is -2.38. The Bertz CT molecular complexity index is 566. The van der Waals surface area contributed by atoms with Gasteiger partial charge in [-0.05, 0) is 19.4 Å². The predicted octanol–water partition coefficient (Wildman–Crippen LogP) is 1.14. The van der Waals surface area contributed by atoms with E-state index in [1.807, 2.05) is 31.2 Å². The Hall–Kier alpha value is -2.37. The van der Waals surface area contributed by atoms with Crippen molar-refractivity contribution in [3.63, 3.8) is 0 Å². The van der Waals surface area contributed by atoms with Crippen LogP contribution in [0.4, 0.5) is 0 Å². The molecule has 0 aliphatic carbocycles. The lowest BCUT2D eigenvalue weighted by atomic mass is 9.88. The highest BCUT2D eigenvalue weighted by atomic mass is 16.5. The first-order valence-corrected chi connectivity index (χ1v) is 6.73. The van der Waals surface area contributed by atoms with Gasteiger partial charge in [0, 0.05) is 0 Å². The first-order valence-electron chi connectivity index (χ1n) is 6.73. The van der Waals surface area contributed by atoms with Gasteiger partial charge >= 0.3 is 11.9 Å². The van der Waals surface area contributed by atoms with E-state index < -0.39 is 23.9 Å². The Morgan fingerprint density at radius 2 is 1.95 bits per heavy atom. The molecular formula is C15H18N2O4. The minimum atomic E-state index is -0.721. The van der Waals surface area contributed by atoms with Crippen LogP contribution in [0.15, 0.2) is 29.4 Å². The molecule has 2 unspecified atom stereocenters. The molecule has 0 fully saturated rings. The van der Waals surface area contributed by atoms with Crippen molar-refractivity contribution in [3.8, 4) is 0 Å². The fraction of sp³-hybridized carbons (Fsp3) is 0.400. The lowest BCUT2D eigenvalue weighted by molar-refractivity contribution is -0.145. The molecule has 0 amide bonds. The zero-order chi connectivity index (χ0) is 15.4. The van der Waals surface area contributed by atoms with Crippen LogP contribution in [-0.4, -0.2) is 37.4 Å². The van der Waals surface area contributed by atoms with Gasteiger partial charge in [-0.25, -0.2) is 9.59 Å². The first-order chi connectivity index (χ1) is 10.1. The Morgan fingerprint density at radius 3 is 2.52 bits per heavy atom. The van der Waals surface area contributed by atoms with Crippen molar-refractivity contribution in [2.24, 2.45) is 5.10 Å². The van der Waals surface area contributed by atoms with Crippen molar-refractivity contribution in [3.05, 3.63) is 35.4 Å². The molecule has 21 heavy (non-hydrogen) atoms. The number of hydrogen-bond donors (Lipinski definition) is 1. The molecule has 1 aromatic rings. The third-order valence-electron chi connectivity index (χ3n) is 3.32. The number of hydrogen-bond acceptors (Lipinski definition) is 6. The summed E-state index contributed by atoms with van der Waals surface area (Å²) < 4.78 is 9.77. The number of esters is 2. The summed E-state index contributed by atoms with van der Waals surface area (Å²) in [6.07, 6.45) is 0. The lowest BCUT2D eigenvalue weighted by Gasteiger charge is -2.19. The van der Waals surface area contributed by atoms with E-state index >= 15 is 0 Å². The quantitative estimate of drug-likeness (QED) is 0.842. The molecule has 0 aromatic heterocycles. The minimum absolute atomic E-state index is 0.180. The number of ether oxygens (including phenoxy) is 2. The van der Waals surface area contributed by atoms with Crippen LogP contribution in [0.1, 0.15) is 24.0 Å². The summed E-state index contributed by atoms with van der Waals surface area (Å²) in [6, 6.07) is 6.87. The molecule has 2 atom stereocenters. The SMILES string of the molecule is CCOC(=O)C1NN=C(C(=O)OC)C1c1ccc(C)cc1. The van der Waals surface area contributed by atoms with Gasteiger partial charge in [0.1, 0.15) is 0 Å². The van der Waals surface area contributed by atoms with Gasteiger partial charge in [-0.1, -0.05) is 29.8 Å². The molecule has 0 saturated carbocycles. The van der Waals surface area contributed by atoms with Gasteiger partial charge in [-0.15, -0.1) is 0 Å². The molecular weight excluding hydrogens is 272 g/mol. The smallest absolute Gasteiger partial charge is 0.354 e. The van der Waals surface area contributed by atoms with Crippen LogP contribution in [0.5, 0.6) is 0 Å². The minimum Gasteiger partial charge on any atom is -0.464 e. The highest BCUT2D eigenvalue weighted by Crippen LogP contribution is 2.27. The number of nitrogens with zero attached hydrogens (tertiary/aromatic N) is 1. The maximum Gasteiger partial charge on any atom is 0.354 e. The topological polar surface area (TPSA) is 77.0 Å². The van der Waals surface area contributed by atoms with Gasteiger partial charge in [-0.3, -0.25) is 5.43 Å². The van der Waals surface area contributed by atoms with Gasteiger partial charge in [0.2, 0.25) is 0 Å². The summed E-state index contributed by atoms with van der Waals surface area (Å²) >= 11 is 0. The zero-order valence-electron chi connectivity index (χ0n) is 12.3. The summed E-state index contributed by atoms with van der Waals surface area (Å²) in [7, 11) is 1.29. The number of hydrazone groups is 1. The van der Waals surface area contributed by atoms with Crippen LogP contribution in [0.2, 0.25) is 0 Å². The van der Waals surface area contributed by atoms with E-state index in [2.05, 4.69) is 10.5 Å². The van der Waals surface area contributed by atoms with Crippen LogP contribution < -0.4 is 5.43 Å². The summed E-state index contributed by atoms with van der Waals surface area (Å²) in [5.74, 6) is -1.51. The zero-order valence-corrected chi connectivity index (χ0v) is 12.3. The Labute approximate surface area is 123 Å². The molecule has 1 heterocycles. The first kappa shape index (κ1) is 15.0. The van der Waals surface area contributed by atoms with Gasteiger partial charge in [0.15, 0.2) is 11.8 Å². The molecule has 1 aliphatic heterocycles. The Morgan fingerprint density at radius 1 is 1.29 bits per heavy atom. The maximum atomic E-state index is 12.0. The number of carbonyl (C=O) groups excluding carboxylic acids is 2. The van der Waals surface area contributed by atoms with Gasteiger partial charge in [0.05, 0.1) is 19.6 Å². The number of aryl methyl sites for hydroxylation is 1. The van der Waals surface area contributed by atoms with Crippen LogP contribution >= 0.6 is 0 Å². The highest BCUT2D eigenvalue weighted by molar-refractivity contribution is 6.39. The molecule has 6 nitrogen and oxygen atoms in total. The third-order valence-corrected chi connectivity index (χ3v) is 3.32. The second kappa shape index (κ2) is 6.39. The second-order valence-corrected chi connectivity index (χ2v) is 4.74.